The van der Waals surface area contributed by atoms with E-state index >= 15 is 0 Å². The number of rotatable bonds is 3. The van der Waals surface area contributed by atoms with Crippen molar-refractivity contribution in [2.75, 3.05) is 23.7 Å². The van der Waals surface area contributed by atoms with E-state index in [0.717, 1.165) is 24.3 Å². The second-order valence-corrected chi connectivity index (χ2v) is 5.44. The fourth-order valence-electron chi connectivity index (χ4n) is 2.81. The third-order valence-electron chi connectivity index (χ3n) is 3.93. The first kappa shape index (κ1) is 14.3. The Bertz CT molecular complexity index is 695. The number of carbonyl (C=O) groups excluding carboxylic acids is 1. The summed E-state index contributed by atoms with van der Waals surface area (Å²) >= 11 is 0. The molecule has 2 aromatic rings. The maximum absolute atomic E-state index is 11.4. The first-order chi connectivity index (χ1) is 10.7. The lowest BCUT2D eigenvalue weighted by atomic mass is 10.1. The minimum Gasteiger partial charge on any atom is -0.397 e. The fraction of sp³-hybridized carbons (Fsp3) is 0.312. The highest BCUT2D eigenvalue weighted by Crippen LogP contribution is 2.31. The number of anilines is 2. The van der Waals surface area contributed by atoms with Crippen LogP contribution >= 0.6 is 0 Å². The van der Waals surface area contributed by atoms with Crippen LogP contribution in [0.25, 0.3) is 11.3 Å². The van der Waals surface area contributed by atoms with Gasteiger partial charge in [0.15, 0.2) is 5.69 Å². The van der Waals surface area contributed by atoms with Crippen LogP contribution in [0.15, 0.2) is 30.6 Å². The van der Waals surface area contributed by atoms with Crippen LogP contribution in [0.3, 0.4) is 0 Å². The van der Waals surface area contributed by atoms with Gasteiger partial charge in [0.25, 0.3) is 5.91 Å². The van der Waals surface area contributed by atoms with E-state index in [-0.39, 0.29) is 5.69 Å². The molecule has 0 unspecified atom stereocenters. The maximum atomic E-state index is 11.4. The zero-order valence-electron chi connectivity index (χ0n) is 12.3. The summed E-state index contributed by atoms with van der Waals surface area (Å²) in [5.74, 6) is -0.622. The molecule has 1 aliphatic rings. The van der Waals surface area contributed by atoms with Crippen molar-refractivity contribution in [1.29, 1.82) is 0 Å². The van der Waals surface area contributed by atoms with Crippen LogP contribution in [0.5, 0.6) is 0 Å². The molecule has 6 nitrogen and oxygen atoms in total. The van der Waals surface area contributed by atoms with E-state index in [4.69, 9.17) is 11.5 Å². The summed E-state index contributed by atoms with van der Waals surface area (Å²) in [5, 5.41) is 0. The minimum atomic E-state index is -0.622. The molecule has 1 amide bonds. The Balaban J connectivity index is 2.05. The van der Waals surface area contributed by atoms with Crippen molar-refractivity contribution in [3.05, 3.63) is 36.3 Å². The number of pyridine rings is 2. The highest BCUT2D eigenvalue weighted by molar-refractivity contribution is 5.96. The summed E-state index contributed by atoms with van der Waals surface area (Å²) in [6.07, 6.45) is 7.18. The molecule has 0 aliphatic carbocycles. The van der Waals surface area contributed by atoms with E-state index in [2.05, 4.69) is 14.9 Å². The van der Waals surface area contributed by atoms with Gasteiger partial charge in [-0.15, -0.1) is 0 Å². The Morgan fingerprint density at radius 1 is 1.14 bits per heavy atom. The summed E-state index contributed by atoms with van der Waals surface area (Å²) < 4.78 is 0. The average molecular weight is 297 g/mol. The van der Waals surface area contributed by atoms with Gasteiger partial charge < -0.3 is 16.4 Å². The van der Waals surface area contributed by atoms with Crippen LogP contribution in [-0.4, -0.2) is 29.0 Å². The normalized spacial score (nSPS) is 14.8. The maximum Gasteiger partial charge on any atom is 0.269 e. The first-order valence-corrected chi connectivity index (χ1v) is 7.42. The van der Waals surface area contributed by atoms with Gasteiger partial charge in [0, 0.05) is 36.7 Å². The van der Waals surface area contributed by atoms with Crippen molar-refractivity contribution in [3.63, 3.8) is 0 Å². The van der Waals surface area contributed by atoms with E-state index in [1.165, 1.54) is 19.3 Å². The second kappa shape index (κ2) is 6.01. The number of nitrogens with zero attached hydrogens (tertiary/aromatic N) is 3. The molecule has 0 radical (unpaired) electrons. The van der Waals surface area contributed by atoms with Crippen LogP contribution in [0.1, 0.15) is 29.8 Å². The zero-order chi connectivity index (χ0) is 15.5. The molecule has 0 aromatic carbocycles. The first-order valence-electron chi connectivity index (χ1n) is 7.42. The molecule has 3 heterocycles. The predicted molar refractivity (Wildman–Crippen MR) is 86.5 cm³/mol. The van der Waals surface area contributed by atoms with Crippen molar-refractivity contribution in [3.8, 4) is 11.3 Å². The highest BCUT2D eigenvalue weighted by atomic mass is 16.1. The van der Waals surface area contributed by atoms with Gasteiger partial charge >= 0.3 is 0 Å². The van der Waals surface area contributed by atoms with Crippen LogP contribution in [-0.2, 0) is 0 Å². The fourth-order valence-corrected chi connectivity index (χ4v) is 2.81. The van der Waals surface area contributed by atoms with E-state index < -0.39 is 5.91 Å². The van der Waals surface area contributed by atoms with E-state index in [1.54, 1.807) is 24.5 Å². The number of amides is 1. The van der Waals surface area contributed by atoms with E-state index in [0.29, 0.717) is 11.4 Å². The van der Waals surface area contributed by atoms with Gasteiger partial charge in [0.1, 0.15) is 0 Å². The lowest BCUT2D eigenvalue weighted by Crippen LogP contribution is -2.29. The van der Waals surface area contributed by atoms with Gasteiger partial charge in [0.05, 0.1) is 11.4 Å². The Hall–Kier alpha value is -2.63. The second-order valence-electron chi connectivity index (χ2n) is 5.44. The van der Waals surface area contributed by atoms with Gasteiger partial charge in [-0.1, -0.05) is 0 Å². The average Bonchev–Trinajstić information content (AvgIpc) is 2.56. The Kier molecular flexibility index (Phi) is 3.91. The smallest absolute Gasteiger partial charge is 0.269 e. The van der Waals surface area contributed by atoms with E-state index in [9.17, 15) is 4.79 Å². The molecule has 4 N–H and O–H groups in total. The van der Waals surface area contributed by atoms with Gasteiger partial charge in [-0.05, 0) is 37.5 Å². The molecule has 6 heteroatoms. The number of nitrogen functional groups attached to an aromatic ring is 1. The van der Waals surface area contributed by atoms with Crippen LogP contribution < -0.4 is 16.4 Å². The number of hydrogen-bond donors (Lipinski definition) is 2. The lowest BCUT2D eigenvalue weighted by molar-refractivity contribution is 0.0996. The molecule has 22 heavy (non-hydrogen) atoms. The van der Waals surface area contributed by atoms with Gasteiger partial charge in [0.2, 0.25) is 0 Å². The Labute approximate surface area is 129 Å². The monoisotopic (exact) mass is 297 g/mol. The number of nitrogens with two attached hydrogens (primary N) is 2. The third-order valence-corrected chi connectivity index (χ3v) is 3.93. The number of aromatic nitrogens is 2. The summed E-state index contributed by atoms with van der Waals surface area (Å²) in [6.45, 7) is 2.04. The van der Waals surface area contributed by atoms with Crippen molar-refractivity contribution < 1.29 is 4.79 Å². The number of piperidine rings is 1. The quantitative estimate of drug-likeness (QED) is 0.900. The Morgan fingerprint density at radius 3 is 2.64 bits per heavy atom. The van der Waals surface area contributed by atoms with Crippen molar-refractivity contribution >= 4 is 17.3 Å². The van der Waals surface area contributed by atoms with Crippen molar-refractivity contribution in [2.45, 2.75) is 19.3 Å². The lowest BCUT2D eigenvalue weighted by Gasteiger charge is -2.30. The van der Waals surface area contributed by atoms with Crippen LogP contribution in [0.2, 0.25) is 0 Å². The molecule has 0 atom stereocenters. The van der Waals surface area contributed by atoms with Crippen LogP contribution in [0, 0.1) is 0 Å². The standard InChI is InChI=1S/C16H19N5O/c17-12-4-5-13(20-15(12)16(18)22)11-10-19-7-6-14(11)21-8-2-1-3-9-21/h4-7,10H,1-3,8-9,17H2,(H2,18,22). The molecular formula is C16H19N5O. The summed E-state index contributed by atoms with van der Waals surface area (Å²) in [5.41, 5.74) is 14.1. The van der Waals surface area contributed by atoms with Gasteiger partial charge in [-0.25, -0.2) is 4.98 Å². The Morgan fingerprint density at radius 2 is 1.91 bits per heavy atom. The van der Waals surface area contributed by atoms with E-state index in [1.807, 2.05) is 6.07 Å². The minimum absolute atomic E-state index is 0.103. The highest BCUT2D eigenvalue weighted by Gasteiger charge is 2.17. The topological polar surface area (TPSA) is 98.1 Å². The number of hydrogen-bond acceptors (Lipinski definition) is 5. The number of primary amides is 1. The summed E-state index contributed by atoms with van der Waals surface area (Å²) in [4.78, 5) is 22.3. The van der Waals surface area contributed by atoms with Gasteiger partial charge in [-0.3, -0.25) is 9.78 Å². The molecular weight excluding hydrogens is 278 g/mol. The molecule has 3 rings (SSSR count). The molecule has 114 valence electrons. The summed E-state index contributed by atoms with van der Waals surface area (Å²) in [6, 6.07) is 5.45. The SMILES string of the molecule is NC(=O)c1nc(-c2cnccc2N2CCCCC2)ccc1N. The molecule has 1 fully saturated rings. The van der Waals surface area contributed by atoms with Crippen molar-refractivity contribution in [2.24, 2.45) is 5.73 Å². The molecule has 0 saturated carbocycles. The zero-order valence-corrected chi connectivity index (χ0v) is 12.3. The molecule has 2 aromatic heterocycles. The molecule has 1 saturated heterocycles. The van der Waals surface area contributed by atoms with Crippen LogP contribution in [0.4, 0.5) is 11.4 Å². The molecule has 1 aliphatic heterocycles. The predicted octanol–water partition coefficient (Wildman–Crippen LogP) is 1.81. The number of carbonyl (C=O) groups is 1. The van der Waals surface area contributed by atoms with Gasteiger partial charge in [-0.2, -0.15) is 0 Å². The van der Waals surface area contributed by atoms with Crippen molar-refractivity contribution in [1.82, 2.24) is 9.97 Å². The molecule has 0 spiro atoms. The summed E-state index contributed by atoms with van der Waals surface area (Å²) in [7, 11) is 0. The molecule has 0 bridgehead atoms. The third kappa shape index (κ3) is 2.72. The largest absolute Gasteiger partial charge is 0.397 e.